The number of benzene rings is 1. The summed E-state index contributed by atoms with van der Waals surface area (Å²) in [5.74, 6) is -0.0113. The molecule has 1 amide bonds. The molecule has 0 saturated carbocycles. The molecule has 2 aliphatic rings. The van der Waals surface area contributed by atoms with E-state index in [1.165, 1.54) is 36.7 Å². The zero-order valence-electron chi connectivity index (χ0n) is 17.8. The Bertz CT molecular complexity index is 796. The van der Waals surface area contributed by atoms with Crippen molar-refractivity contribution < 1.29 is 13.2 Å². The second-order valence-electron chi connectivity index (χ2n) is 8.49. The van der Waals surface area contributed by atoms with Crippen molar-refractivity contribution in [3.05, 3.63) is 29.3 Å². The van der Waals surface area contributed by atoms with Crippen LogP contribution in [0.5, 0.6) is 0 Å². The minimum atomic E-state index is -3.50. The maximum atomic E-state index is 13.0. The summed E-state index contributed by atoms with van der Waals surface area (Å²) in [6.45, 7) is 8.72. The Kier molecular flexibility index (Phi) is 7.71. The van der Waals surface area contributed by atoms with Gasteiger partial charge >= 0.3 is 0 Å². The highest BCUT2D eigenvalue weighted by molar-refractivity contribution is 7.89. The smallest absolute Gasteiger partial charge is 0.243 e. The lowest BCUT2D eigenvalue weighted by Crippen LogP contribution is -2.43. The number of hydrogen-bond donors (Lipinski definition) is 1. The second-order valence-corrected chi connectivity index (χ2v) is 10.4. The third-order valence-corrected chi connectivity index (χ3v) is 8.23. The predicted molar refractivity (Wildman–Crippen MR) is 115 cm³/mol. The summed E-state index contributed by atoms with van der Waals surface area (Å²) in [7, 11) is -3.50. The van der Waals surface area contributed by atoms with Crippen molar-refractivity contribution in [1.29, 1.82) is 0 Å². The van der Waals surface area contributed by atoms with E-state index in [0.29, 0.717) is 37.4 Å². The number of piperidine rings is 2. The van der Waals surface area contributed by atoms with Gasteiger partial charge in [-0.2, -0.15) is 4.31 Å². The Morgan fingerprint density at radius 1 is 1.07 bits per heavy atom. The molecule has 0 atom stereocenters. The van der Waals surface area contributed by atoms with Crippen LogP contribution < -0.4 is 5.32 Å². The van der Waals surface area contributed by atoms with Crippen molar-refractivity contribution in [1.82, 2.24) is 14.5 Å². The number of likely N-dealkylation sites (tertiary alicyclic amines) is 1. The lowest BCUT2D eigenvalue weighted by Gasteiger charge is -2.31. The number of aryl methyl sites for hydroxylation is 2. The molecule has 6 nitrogen and oxygen atoms in total. The first-order valence-corrected chi connectivity index (χ1v) is 12.4. The van der Waals surface area contributed by atoms with Gasteiger partial charge in [0.25, 0.3) is 0 Å². The van der Waals surface area contributed by atoms with E-state index in [4.69, 9.17) is 0 Å². The van der Waals surface area contributed by atoms with Gasteiger partial charge in [0.2, 0.25) is 15.9 Å². The van der Waals surface area contributed by atoms with E-state index in [1.807, 2.05) is 26.0 Å². The topological polar surface area (TPSA) is 69.7 Å². The van der Waals surface area contributed by atoms with Gasteiger partial charge < -0.3 is 10.2 Å². The maximum Gasteiger partial charge on any atom is 0.243 e. The quantitative estimate of drug-likeness (QED) is 0.687. The standard InChI is InChI=1S/C22H35N3O3S/c1-18-7-8-21(19(2)17-18)29(27,28)25-15-9-20(10-16-25)22(26)23-11-6-14-24-12-4-3-5-13-24/h7-8,17,20H,3-6,9-16H2,1-2H3,(H,23,26). The number of rotatable bonds is 7. The Hall–Kier alpha value is -1.44. The molecule has 3 rings (SSSR count). The average molecular weight is 422 g/mol. The number of carbonyl (C=O) groups excluding carboxylic acids is 1. The molecule has 2 fully saturated rings. The predicted octanol–water partition coefficient (Wildman–Crippen LogP) is 2.70. The van der Waals surface area contributed by atoms with Crippen LogP contribution in [0.4, 0.5) is 0 Å². The van der Waals surface area contributed by atoms with E-state index in [1.54, 1.807) is 6.07 Å². The molecule has 2 aliphatic heterocycles. The minimum absolute atomic E-state index is 0.0761. The van der Waals surface area contributed by atoms with Gasteiger partial charge in [-0.3, -0.25) is 4.79 Å². The Balaban J connectivity index is 1.43. The summed E-state index contributed by atoms with van der Waals surface area (Å²) in [6.07, 6.45) is 6.06. The van der Waals surface area contributed by atoms with E-state index >= 15 is 0 Å². The van der Waals surface area contributed by atoms with Crippen molar-refractivity contribution in [3.63, 3.8) is 0 Å². The fourth-order valence-electron chi connectivity index (χ4n) is 4.43. The summed E-state index contributed by atoms with van der Waals surface area (Å²) in [5.41, 5.74) is 1.83. The molecule has 7 heteroatoms. The van der Waals surface area contributed by atoms with Crippen molar-refractivity contribution in [2.75, 3.05) is 39.3 Å². The second kappa shape index (κ2) is 10.0. The molecule has 1 aromatic rings. The van der Waals surface area contributed by atoms with Crippen LogP contribution in [0.15, 0.2) is 23.1 Å². The first kappa shape index (κ1) is 22.2. The molecule has 162 valence electrons. The van der Waals surface area contributed by atoms with E-state index in [-0.39, 0.29) is 11.8 Å². The van der Waals surface area contributed by atoms with Gasteiger partial charge in [-0.05, 0) is 77.2 Å². The van der Waals surface area contributed by atoms with E-state index < -0.39 is 10.0 Å². The fraction of sp³-hybridized carbons (Fsp3) is 0.682. The van der Waals surface area contributed by atoms with E-state index in [9.17, 15) is 13.2 Å². The minimum Gasteiger partial charge on any atom is -0.356 e. The molecule has 0 spiro atoms. The van der Waals surface area contributed by atoms with Crippen molar-refractivity contribution >= 4 is 15.9 Å². The lowest BCUT2D eigenvalue weighted by atomic mass is 9.97. The first-order valence-electron chi connectivity index (χ1n) is 11.0. The number of nitrogens with zero attached hydrogens (tertiary/aromatic N) is 2. The zero-order valence-corrected chi connectivity index (χ0v) is 18.6. The van der Waals surface area contributed by atoms with E-state index in [2.05, 4.69) is 10.2 Å². The average Bonchev–Trinajstić information content (AvgIpc) is 2.71. The molecular weight excluding hydrogens is 386 g/mol. The van der Waals surface area contributed by atoms with Crippen LogP contribution in [0.25, 0.3) is 0 Å². The first-order chi connectivity index (χ1) is 13.9. The summed E-state index contributed by atoms with van der Waals surface area (Å²) in [6, 6.07) is 5.43. The van der Waals surface area contributed by atoms with Gasteiger partial charge in [0.15, 0.2) is 0 Å². The Morgan fingerprint density at radius 2 is 1.76 bits per heavy atom. The van der Waals surface area contributed by atoms with Crippen LogP contribution in [-0.2, 0) is 14.8 Å². The van der Waals surface area contributed by atoms with Gasteiger partial charge in [-0.15, -0.1) is 0 Å². The summed E-state index contributed by atoms with van der Waals surface area (Å²) >= 11 is 0. The number of amides is 1. The molecule has 0 radical (unpaired) electrons. The highest BCUT2D eigenvalue weighted by atomic mass is 32.2. The third-order valence-electron chi connectivity index (χ3n) is 6.17. The Labute approximate surface area is 175 Å². The molecular formula is C22H35N3O3S. The maximum absolute atomic E-state index is 13.0. The van der Waals surface area contributed by atoms with Gasteiger partial charge in [0, 0.05) is 25.6 Å². The van der Waals surface area contributed by atoms with Crippen LogP contribution >= 0.6 is 0 Å². The molecule has 1 aromatic carbocycles. The number of nitrogens with one attached hydrogen (secondary N) is 1. The van der Waals surface area contributed by atoms with Gasteiger partial charge in [0.05, 0.1) is 4.90 Å². The molecule has 2 heterocycles. The van der Waals surface area contributed by atoms with Crippen LogP contribution in [0.2, 0.25) is 0 Å². The number of sulfonamides is 1. The molecule has 29 heavy (non-hydrogen) atoms. The zero-order chi connectivity index (χ0) is 20.9. The van der Waals surface area contributed by atoms with Crippen LogP contribution in [0, 0.1) is 19.8 Å². The monoisotopic (exact) mass is 421 g/mol. The summed E-state index contributed by atoms with van der Waals surface area (Å²) < 4.78 is 27.5. The molecule has 1 N–H and O–H groups in total. The van der Waals surface area contributed by atoms with Crippen LogP contribution in [0.3, 0.4) is 0 Å². The van der Waals surface area contributed by atoms with Crippen LogP contribution in [-0.4, -0.2) is 62.8 Å². The molecule has 0 aromatic heterocycles. The number of carbonyl (C=O) groups is 1. The molecule has 0 bridgehead atoms. The normalized spacial score (nSPS) is 19.9. The van der Waals surface area contributed by atoms with Crippen molar-refractivity contribution in [3.8, 4) is 0 Å². The van der Waals surface area contributed by atoms with E-state index in [0.717, 1.165) is 24.1 Å². The van der Waals surface area contributed by atoms with Crippen molar-refractivity contribution in [2.24, 2.45) is 5.92 Å². The SMILES string of the molecule is Cc1ccc(S(=O)(=O)N2CCC(C(=O)NCCCN3CCCCC3)CC2)c(C)c1. The highest BCUT2D eigenvalue weighted by Crippen LogP contribution is 2.26. The third kappa shape index (κ3) is 5.80. The van der Waals surface area contributed by atoms with Gasteiger partial charge in [0.1, 0.15) is 0 Å². The van der Waals surface area contributed by atoms with Crippen molar-refractivity contribution in [2.45, 2.75) is 57.3 Å². The molecule has 0 aliphatic carbocycles. The molecule has 0 unspecified atom stereocenters. The lowest BCUT2D eigenvalue weighted by molar-refractivity contribution is -0.126. The van der Waals surface area contributed by atoms with Gasteiger partial charge in [-0.25, -0.2) is 8.42 Å². The number of hydrogen-bond acceptors (Lipinski definition) is 4. The summed E-state index contributed by atoms with van der Waals surface area (Å²) in [4.78, 5) is 15.3. The Morgan fingerprint density at radius 3 is 2.41 bits per heavy atom. The largest absolute Gasteiger partial charge is 0.356 e. The van der Waals surface area contributed by atoms with Gasteiger partial charge in [-0.1, -0.05) is 24.1 Å². The summed E-state index contributed by atoms with van der Waals surface area (Å²) in [5, 5.41) is 3.06. The highest BCUT2D eigenvalue weighted by Gasteiger charge is 2.32. The van der Waals surface area contributed by atoms with Crippen LogP contribution in [0.1, 0.15) is 49.7 Å². The molecule has 2 saturated heterocycles. The fourth-order valence-corrected chi connectivity index (χ4v) is 6.10.